The maximum Gasteiger partial charge on any atom is 0.251 e. The fraction of sp³-hybridized carbons (Fsp3) is 0.381. The molecule has 1 aliphatic heterocycles. The van der Waals surface area contributed by atoms with Crippen molar-refractivity contribution in [2.45, 2.75) is 13.0 Å². The molecule has 27 heavy (non-hydrogen) atoms. The van der Waals surface area contributed by atoms with Crippen molar-refractivity contribution in [1.29, 1.82) is 0 Å². The lowest BCUT2D eigenvalue weighted by Gasteiger charge is -2.35. The molecule has 1 fully saturated rings. The Labute approximate surface area is 159 Å². The van der Waals surface area contributed by atoms with Crippen LogP contribution in [0.5, 0.6) is 5.75 Å². The molecule has 0 aliphatic carbocycles. The summed E-state index contributed by atoms with van der Waals surface area (Å²) < 4.78 is 24.0. The molecule has 1 amide bonds. The Balaban J connectivity index is 1.71. The summed E-state index contributed by atoms with van der Waals surface area (Å²) in [6.07, 6.45) is 0. The van der Waals surface area contributed by atoms with Crippen molar-refractivity contribution < 1.29 is 18.7 Å². The molecule has 1 unspecified atom stereocenters. The highest BCUT2D eigenvalue weighted by Gasteiger charge is 2.23. The van der Waals surface area contributed by atoms with Gasteiger partial charge in [-0.1, -0.05) is 12.1 Å². The fourth-order valence-electron chi connectivity index (χ4n) is 3.19. The first-order valence-corrected chi connectivity index (χ1v) is 9.25. The number of nitrogens with zero attached hydrogens (tertiary/aromatic N) is 1. The number of amides is 1. The van der Waals surface area contributed by atoms with Gasteiger partial charge in [0, 0.05) is 25.2 Å². The van der Waals surface area contributed by atoms with E-state index in [4.69, 9.17) is 9.47 Å². The number of halogens is 1. The van der Waals surface area contributed by atoms with Crippen molar-refractivity contribution in [2.75, 3.05) is 39.5 Å². The summed E-state index contributed by atoms with van der Waals surface area (Å²) in [6.45, 7) is 6.02. The van der Waals surface area contributed by atoms with Crippen LogP contribution in [0.4, 0.5) is 4.39 Å². The Kier molecular flexibility index (Phi) is 6.79. The summed E-state index contributed by atoms with van der Waals surface area (Å²) in [5.74, 6) is 0.267. The van der Waals surface area contributed by atoms with Crippen LogP contribution in [0.25, 0.3) is 0 Å². The lowest BCUT2D eigenvalue weighted by Crippen LogP contribution is -2.43. The summed E-state index contributed by atoms with van der Waals surface area (Å²) in [5.41, 5.74) is 1.56. The fourth-order valence-corrected chi connectivity index (χ4v) is 3.19. The second-order valence-electron chi connectivity index (χ2n) is 6.38. The zero-order chi connectivity index (χ0) is 19.1. The van der Waals surface area contributed by atoms with Crippen LogP contribution < -0.4 is 10.1 Å². The highest BCUT2D eigenvalue weighted by Crippen LogP contribution is 2.24. The number of ether oxygens (including phenoxy) is 2. The molecule has 1 saturated heterocycles. The van der Waals surface area contributed by atoms with Gasteiger partial charge < -0.3 is 14.8 Å². The van der Waals surface area contributed by atoms with E-state index in [0.29, 0.717) is 31.9 Å². The number of hydrogen-bond acceptors (Lipinski definition) is 4. The molecule has 0 aromatic heterocycles. The highest BCUT2D eigenvalue weighted by atomic mass is 19.1. The molecule has 2 aromatic carbocycles. The van der Waals surface area contributed by atoms with Crippen molar-refractivity contribution in [2.24, 2.45) is 0 Å². The van der Waals surface area contributed by atoms with Gasteiger partial charge in [0.25, 0.3) is 5.91 Å². The molecule has 1 heterocycles. The number of rotatable bonds is 7. The van der Waals surface area contributed by atoms with E-state index in [0.717, 1.165) is 24.4 Å². The Morgan fingerprint density at radius 1 is 1.15 bits per heavy atom. The average molecular weight is 372 g/mol. The first kappa shape index (κ1) is 19.3. The van der Waals surface area contributed by atoms with E-state index in [1.165, 1.54) is 24.3 Å². The van der Waals surface area contributed by atoms with Crippen LogP contribution in [-0.4, -0.2) is 50.3 Å². The van der Waals surface area contributed by atoms with Crippen molar-refractivity contribution in [3.8, 4) is 5.75 Å². The Morgan fingerprint density at radius 2 is 1.81 bits per heavy atom. The summed E-state index contributed by atoms with van der Waals surface area (Å²) in [7, 11) is 0. The van der Waals surface area contributed by atoms with Crippen molar-refractivity contribution in [1.82, 2.24) is 10.2 Å². The van der Waals surface area contributed by atoms with E-state index in [9.17, 15) is 9.18 Å². The third kappa shape index (κ3) is 5.28. The van der Waals surface area contributed by atoms with E-state index in [1.807, 2.05) is 31.2 Å². The lowest BCUT2D eigenvalue weighted by molar-refractivity contribution is 0.0162. The van der Waals surface area contributed by atoms with Crippen LogP contribution >= 0.6 is 0 Å². The van der Waals surface area contributed by atoms with E-state index in [1.54, 1.807) is 0 Å². The molecule has 2 aromatic rings. The van der Waals surface area contributed by atoms with Crippen LogP contribution in [0.15, 0.2) is 48.5 Å². The molecule has 3 rings (SSSR count). The zero-order valence-corrected chi connectivity index (χ0v) is 15.5. The molecule has 1 N–H and O–H groups in total. The topological polar surface area (TPSA) is 50.8 Å². The minimum Gasteiger partial charge on any atom is -0.494 e. The highest BCUT2D eigenvalue weighted by molar-refractivity contribution is 5.94. The second-order valence-corrected chi connectivity index (χ2v) is 6.38. The van der Waals surface area contributed by atoms with E-state index in [-0.39, 0.29) is 17.8 Å². The van der Waals surface area contributed by atoms with Gasteiger partial charge in [0.2, 0.25) is 0 Å². The maximum atomic E-state index is 13.1. The smallest absolute Gasteiger partial charge is 0.251 e. The van der Waals surface area contributed by atoms with Crippen molar-refractivity contribution in [3.63, 3.8) is 0 Å². The minimum absolute atomic E-state index is 0.0361. The van der Waals surface area contributed by atoms with Crippen LogP contribution in [-0.2, 0) is 4.74 Å². The maximum absolute atomic E-state index is 13.1. The monoisotopic (exact) mass is 372 g/mol. The number of nitrogens with one attached hydrogen (secondary N) is 1. The van der Waals surface area contributed by atoms with Gasteiger partial charge in [0.05, 0.1) is 25.9 Å². The van der Waals surface area contributed by atoms with Crippen molar-refractivity contribution >= 4 is 5.91 Å². The third-order valence-electron chi connectivity index (χ3n) is 4.62. The number of benzene rings is 2. The van der Waals surface area contributed by atoms with Gasteiger partial charge in [0.15, 0.2) is 0 Å². The Bertz CT molecular complexity index is 728. The van der Waals surface area contributed by atoms with E-state index >= 15 is 0 Å². The van der Waals surface area contributed by atoms with Gasteiger partial charge in [-0.25, -0.2) is 4.39 Å². The SMILES string of the molecule is CCOc1ccc(C(CNC(=O)c2ccc(F)cc2)N2CCOCC2)cc1. The Morgan fingerprint density at radius 3 is 2.44 bits per heavy atom. The summed E-state index contributed by atoms with van der Waals surface area (Å²) >= 11 is 0. The quantitative estimate of drug-likeness (QED) is 0.812. The molecule has 1 atom stereocenters. The predicted octanol–water partition coefficient (Wildman–Crippen LogP) is 3.03. The van der Waals surface area contributed by atoms with E-state index < -0.39 is 0 Å². The second kappa shape index (κ2) is 9.48. The normalized spacial score (nSPS) is 15.9. The first-order valence-electron chi connectivity index (χ1n) is 9.25. The van der Waals surface area contributed by atoms with Gasteiger partial charge in [-0.15, -0.1) is 0 Å². The molecule has 0 spiro atoms. The van der Waals surface area contributed by atoms with E-state index in [2.05, 4.69) is 10.2 Å². The van der Waals surface area contributed by atoms with Crippen molar-refractivity contribution in [3.05, 3.63) is 65.5 Å². The molecule has 144 valence electrons. The predicted molar refractivity (Wildman–Crippen MR) is 101 cm³/mol. The standard InChI is InChI=1S/C21H25FN2O3/c1-2-27-19-9-5-16(6-10-19)20(24-11-13-26-14-12-24)15-23-21(25)17-3-7-18(22)8-4-17/h3-10,20H,2,11-15H2,1H3,(H,23,25). The minimum atomic E-state index is -0.355. The van der Waals surface area contributed by atoms with Gasteiger partial charge in [-0.2, -0.15) is 0 Å². The van der Waals surface area contributed by atoms with Gasteiger partial charge in [0.1, 0.15) is 11.6 Å². The first-order chi connectivity index (χ1) is 13.2. The van der Waals surface area contributed by atoms with Crippen LogP contribution in [0, 0.1) is 5.82 Å². The number of hydrogen-bond donors (Lipinski definition) is 1. The number of carbonyl (C=O) groups is 1. The molecule has 0 saturated carbocycles. The lowest BCUT2D eigenvalue weighted by atomic mass is 10.0. The van der Waals surface area contributed by atoms with Gasteiger partial charge >= 0.3 is 0 Å². The summed E-state index contributed by atoms with van der Waals surface area (Å²) in [5, 5.41) is 2.98. The van der Waals surface area contributed by atoms with Crippen LogP contribution in [0.3, 0.4) is 0 Å². The molecule has 0 bridgehead atoms. The van der Waals surface area contributed by atoms with Crippen LogP contribution in [0.2, 0.25) is 0 Å². The molecule has 1 aliphatic rings. The largest absolute Gasteiger partial charge is 0.494 e. The Hall–Kier alpha value is -2.44. The molecular formula is C21H25FN2O3. The summed E-state index contributed by atoms with van der Waals surface area (Å²) in [6, 6.07) is 13.6. The van der Waals surface area contributed by atoms with Gasteiger partial charge in [-0.05, 0) is 48.9 Å². The molecule has 5 nitrogen and oxygen atoms in total. The molecule has 0 radical (unpaired) electrons. The average Bonchev–Trinajstić information content (AvgIpc) is 2.71. The third-order valence-corrected chi connectivity index (χ3v) is 4.62. The molecule has 6 heteroatoms. The summed E-state index contributed by atoms with van der Waals surface area (Å²) in [4.78, 5) is 14.7. The molecular weight excluding hydrogens is 347 g/mol. The number of morpholine rings is 1. The number of carbonyl (C=O) groups excluding carboxylic acids is 1. The van der Waals surface area contributed by atoms with Crippen LogP contribution in [0.1, 0.15) is 28.9 Å². The van der Waals surface area contributed by atoms with Gasteiger partial charge in [-0.3, -0.25) is 9.69 Å². The zero-order valence-electron chi connectivity index (χ0n) is 15.5.